The van der Waals surface area contributed by atoms with Crippen molar-refractivity contribution < 1.29 is 9.53 Å². The SMILES string of the molecule is COc1ccc(C)c(N2CCN(CCC3CCN(CC(C)=O)CC3)CC2)c1. The van der Waals surface area contributed by atoms with Crippen molar-refractivity contribution >= 4 is 11.5 Å². The molecule has 150 valence electrons. The van der Waals surface area contributed by atoms with E-state index in [1.54, 1.807) is 14.0 Å². The minimum absolute atomic E-state index is 0.289. The van der Waals surface area contributed by atoms with Gasteiger partial charge in [0.1, 0.15) is 11.5 Å². The number of carbonyl (C=O) groups is 1. The van der Waals surface area contributed by atoms with Gasteiger partial charge in [0, 0.05) is 37.9 Å². The van der Waals surface area contributed by atoms with E-state index in [1.807, 2.05) is 6.07 Å². The van der Waals surface area contributed by atoms with E-state index >= 15 is 0 Å². The monoisotopic (exact) mass is 373 g/mol. The molecule has 0 bridgehead atoms. The molecule has 0 saturated carbocycles. The third kappa shape index (κ3) is 5.69. The molecule has 1 aromatic carbocycles. The fraction of sp³-hybridized carbons (Fsp3) is 0.682. The number of rotatable bonds is 7. The molecule has 0 spiro atoms. The number of benzene rings is 1. The van der Waals surface area contributed by atoms with Crippen LogP contribution >= 0.6 is 0 Å². The topological polar surface area (TPSA) is 36.0 Å². The van der Waals surface area contributed by atoms with Gasteiger partial charge in [-0.15, -0.1) is 0 Å². The lowest BCUT2D eigenvalue weighted by molar-refractivity contribution is -0.118. The third-order valence-corrected chi connectivity index (χ3v) is 6.14. The highest BCUT2D eigenvalue weighted by Crippen LogP contribution is 2.27. The van der Waals surface area contributed by atoms with Gasteiger partial charge in [0.2, 0.25) is 0 Å². The summed E-state index contributed by atoms with van der Waals surface area (Å²) in [7, 11) is 1.73. The lowest BCUT2D eigenvalue weighted by atomic mass is 9.93. The summed E-state index contributed by atoms with van der Waals surface area (Å²) in [5, 5.41) is 0. The molecule has 3 rings (SSSR count). The molecule has 2 aliphatic rings. The number of carbonyl (C=O) groups excluding carboxylic acids is 1. The van der Waals surface area contributed by atoms with Crippen LogP contribution in [-0.4, -0.2) is 75.1 Å². The second-order valence-corrected chi connectivity index (χ2v) is 8.19. The van der Waals surface area contributed by atoms with Crippen molar-refractivity contribution in [3.63, 3.8) is 0 Å². The first-order valence-corrected chi connectivity index (χ1v) is 10.4. The Morgan fingerprint density at radius 2 is 1.78 bits per heavy atom. The Morgan fingerprint density at radius 3 is 2.41 bits per heavy atom. The van der Waals surface area contributed by atoms with Crippen LogP contribution in [0.3, 0.4) is 0 Å². The smallest absolute Gasteiger partial charge is 0.143 e. The van der Waals surface area contributed by atoms with Crippen molar-refractivity contribution in [2.24, 2.45) is 5.92 Å². The van der Waals surface area contributed by atoms with Crippen molar-refractivity contribution in [1.82, 2.24) is 9.80 Å². The molecule has 0 aromatic heterocycles. The molecule has 2 saturated heterocycles. The summed E-state index contributed by atoms with van der Waals surface area (Å²) in [6.45, 7) is 12.4. The molecule has 5 nitrogen and oxygen atoms in total. The zero-order valence-corrected chi connectivity index (χ0v) is 17.2. The maximum absolute atomic E-state index is 11.3. The Morgan fingerprint density at radius 1 is 1.07 bits per heavy atom. The molecule has 2 aliphatic heterocycles. The Balaban J connectivity index is 1.40. The number of ether oxygens (including phenoxy) is 1. The molecule has 0 unspecified atom stereocenters. The normalized spacial score (nSPS) is 20.0. The van der Waals surface area contributed by atoms with E-state index in [4.69, 9.17) is 4.74 Å². The van der Waals surface area contributed by atoms with Gasteiger partial charge in [-0.3, -0.25) is 14.6 Å². The summed E-state index contributed by atoms with van der Waals surface area (Å²) in [5.41, 5.74) is 2.63. The largest absolute Gasteiger partial charge is 0.497 e. The van der Waals surface area contributed by atoms with E-state index < -0.39 is 0 Å². The molecule has 2 fully saturated rings. The van der Waals surface area contributed by atoms with Crippen LogP contribution in [0.5, 0.6) is 5.75 Å². The van der Waals surface area contributed by atoms with Crippen LogP contribution in [-0.2, 0) is 4.79 Å². The molecular formula is C22H35N3O2. The van der Waals surface area contributed by atoms with Gasteiger partial charge in [0.25, 0.3) is 0 Å². The summed E-state index contributed by atoms with van der Waals surface area (Å²) in [6, 6.07) is 6.36. The summed E-state index contributed by atoms with van der Waals surface area (Å²) in [5.74, 6) is 2.05. The third-order valence-electron chi connectivity index (χ3n) is 6.14. The number of ketones is 1. The Labute approximate surface area is 164 Å². The second kappa shape index (κ2) is 9.56. The molecule has 0 atom stereocenters. The van der Waals surface area contributed by atoms with Gasteiger partial charge >= 0.3 is 0 Å². The van der Waals surface area contributed by atoms with E-state index in [0.29, 0.717) is 6.54 Å². The number of hydrogen-bond donors (Lipinski definition) is 0. The number of aryl methyl sites for hydroxylation is 1. The molecule has 27 heavy (non-hydrogen) atoms. The van der Waals surface area contributed by atoms with E-state index in [2.05, 4.69) is 33.8 Å². The van der Waals surface area contributed by atoms with Gasteiger partial charge in [-0.05, 0) is 70.3 Å². The Bertz CT molecular complexity index is 618. The molecule has 0 aliphatic carbocycles. The fourth-order valence-electron chi connectivity index (χ4n) is 4.38. The summed E-state index contributed by atoms with van der Waals surface area (Å²) in [4.78, 5) is 18.7. The number of piperazine rings is 1. The average molecular weight is 374 g/mol. The van der Waals surface area contributed by atoms with Gasteiger partial charge in [0.05, 0.1) is 13.7 Å². The zero-order chi connectivity index (χ0) is 19.2. The number of piperidine rings is 1. The summed E-state index contributed by atoms with van der Waals surface area (Å²) >= 11 is 0. The highest BCUT2D eigenvalue weighted by atomic mass is 16.5. The maximum atomic E-state index is 11.3. The molecule has 0 radical (unpaired) electrons. The van der Waals surface area contributed by atoms with Crippen LogP contribution in [0.1, 0.15) is 31.7 Å². The van der Waals surface area contributed by atoms with Gasteiger partial charge in [-0.25, -0.2) is 0 Å². The van der Waals surface area contributed by atoms with E-state index in [1.165, 1.54) is 37.1 Å². The predicted molar refractivity (Wildman–Crippen MR) is 111 cm³/mol. The highest BCUT2D eigenvalue weighted by molar-refractivity contribution is 5.77. The number of nitrogens with zero attached hydrogens (tertiary/aromatic N) is 3. The minimum Gasteiger partial charge on any atom is -0.497 e. The molecular weight excluding hydrogens is 338 g/mol. The van der Waals surface area contributed by atoms with Crippen LogP contribution in [0.15, 0.2) is 18.2 Å². The highest BCUT2D eigenvalue weighted by Gasteiger charge is 2.22. The number of Topliss-reactive ketones (excluding diaryl/α,β-unsaturated/α-hetero) is 1. The van der Waals surface area contributed by atoms with E-state index in [-0.39, 0.29) is 5.78 Å². The van der Waals surface area contributed by atoms with Crippen molar-refractivity contribution in [3.05, 3.63) is 23.8 Å². The zero-order valence-electron chi connectivity index (χ0n) is 17.2. The molecule has 0 amide bonds. The van der Waals surface area contributed by atoms with E-state index in [0.717, 1.165) is 50.9 Å². The molecule has 2 heterocycles. The van der Waals surface area contributed by atoms with Gasteiger partial charge in [-0.2, -0.15) is 0 Å². The van der Waals surface area contributed by atoms with Crippen LogP contribution in [0.2, 0.25) is 0 Å². The molecule has 1 aromatic rings. The van der Waals surface area contributed by atoms with E-state index in [9.17, 15) is 4.79 Å². The van der Waals surface area contributed by atoms with Crippen LogP contribution < -0.4 is 9.64 Å². The van der Waals surface area contributed by atoms with Gasteiger partial charge < -0.3 is 9.64 Å². The van der Waals surface area contributed by atoms with Crippen molar-refractivity contribution in [2.45, 2.75) is 33.1 Å². The molecule has 0 N–H and O–H groups in total. The summed E-state index contributed by atoms with van der Waals surface area (Å²) in [6.07, 6.45) is 3.79. The van der Waals surface area contributed by atoms with Crippen molar-refractivity contribution in [1.29, 1.82) is 0 Å². The quantitative estimate of drug-likeness (QED) is 0.734. The van der Waals surface area contributed by atoms with Crippen LogP contribution in [0, 0.1) is 12.8 Å². The fourth-order valence-corrected chi connectivity index (χ4v) is 4.38. The standard InChI is InChI=1S/C22H35N3O2/c1-18-4-5-21(27-3)16-22(18)25-14-12-23(13-15-25)9-6-20-7-10-24(11-8-20)17-19(2)26/h4-5,16,20H,6-15,17H2,1-3H3. The minimum atomic E-state index is 0.289. The van der Waals surface area contributed by atoms with Crippen molar-refractivity contribution in [2.75, 3.05) is 64.4 Å². The van der Waals surface area contributed by atoms with Gasteiger partial charge in [-0.1, -0.05) is 6.07 Å². The Kier molecular flexibility index (Phi) is 7.13. The summed E-state index contributed by atoms with van der Waals surface area (Å²) < 4.78 is 5.40. The molecule has 5 heteroatoms. The lowest BCUT2D eigenvalue weighted by Crippen LogP contribution is -2.47. The lowest BCUT2D eigenvalue weighted by Gasteiger charge is -2.38. The number of likely N-dealkylation sites (tertiary alicyclic amines) is 1. The number of anilines is 1. The maximum Gasteiger partial charge on any atom is 0.143 e. The van der Waals surface area contributed by atoms with Crippen molar-refractivity contribution in [3.8, 4) is 5.75 Å². The second-order valence-electron chi connectivity index (χ2n) is 8.19. The Hall–Kier alpha value is -1.59. The van der Waals surface area contributed by atoms with Crippen LogP contribution in [0.4, 0.5) is 5.69 Å². The number of methoxy groups -OCH3 is 1. The average Bonchev–Trinajstić information content (AvgIpc) is 2.68. The first-order chi connectivity index (χ1) is 13.0. The van der Waals surface area contributed by atoms with Gasteiger partial charge in [0.15, 0.2) is 0 Å². The predicted octanol–water partition coefficient (Wildman–Crippen LogP) is 2.82. The first kappa shape index (κ1) is 20.2. The van der Waals surface area contributed by atoms with Crippen LogP contribution in [0.25, 0.3) is 0 Å². The first-order valence-electron chi connectivity index (χ1n) is 10.4. The number of hydrogen-bond acceptors (Lipinski definition) is 5.